The third-order valence-corrected chi connectivity index (χ3v) is 4.06. The van der Waals surface area contributed by atoms with E-state index in [1.165, 1.54) is 5.39 Å². The Hall–Kier alpha value is -2.87. The minimum atomic E-state index is -0.0445. The molecule has 0 unspecified atom stereocenters. The van der Waals surface area contributed by atoms with E-state index in [0.29, 0.717) is 0 Å². The fourth-order valence-electron chi connectivity index (χ4n) is 3.00. The van der Waals surface area contributed by atoms with Crippen molar-refractivity contribution in [2.75, 3.05) is 0 Å². The molecule has 0 saturated carbocycles. The standard InChI is InChI=1S/C20H15NO/c22-20(21-15-8-2-3-9-15)19-13-14-7-1-4-10-16(14)17-11-5-6-12-18(17)19/h1-8,10-13H,9H2,(H,21,22). The largest absolute Gasteiger partial charge is 0.325 e. The summed E-state index contributed by atoms with van der Waals surface area (Å²) in [5.74, 6) is -0.0445. The SMILES string of the molecule is O=C(NC1=CC=CC1)c1cc2ccccc2c2ccccc12. The maximum Gasteiger partial charge on any atom is 0.256 e. The maximum atomic E-state index is 12.7. The quantitative estimate of drug-likeness (QED) is 0.687. The Bertz CT molecular complexity index is 950. The molecule has 0 aliphatic heterocycles. The van der Waals surface area contributed by atoms with E-state index >= 15 is 0 Å². The van der Waals surface area contributed by atoms with Crippen molar-refractivity contribution < 1.29 is 4.79 Å². The molecule has 1 N–H and O–H groups in total. The zero-order chi connectivity index (χ0) is 14.9. The van der Waals surface area contributed by atoms with Crippen molar-refractivity contribution in [3.05, 3.63) is 84.1 Å². The molecule has 3 aromatic rings. The molecule has 1 amide bonds. The van der Waals surface area contributed by atoms with Crippen LogP contribution in [0.2, 0.25) is 0 Å². The Kier molecular flexibility index (Phi) is 3.01. The molecular weight excluding hydrogens is 270 g/mol. The van der Waals surface area contributed by atoms with Crippen molar-refractivity contribution in [2.45, 2.75) is 6.42 Å². The molecule has 0 atom stereocenters. The van der Waals surface area contributed by atoms with Crippen molar-refractivity contribution in [1.29, 1.82) is 0 Å². The summed E-state index contributed by atoms with van der Waals surface area (Å²) in [5.41, 5.74) is 1.67. The Labute approximate surface area is 128 Å². The van der Waals surface area contributed by atoms with Gasteiger partial charge in [-0.1, -0.05) is 60.7 Å². The van der Waals surface area contributed by atoms with Crippen LogP contribution in [0.4, 0.5) is 0 Å². The molecule has 2 nitrogen and oxygen atoms in total. The van der Waals surface area contributed by atoms with Gasteiger partial charge in [0.15, 0.2) is 0 Å². The van der Waals surface area contributed by atoms with Crippen LogP contribution < -0.4 is 5.32 Å². The van der Waals surface area contributed by atoms with E-state index in [4.69, 9.17) is 0 Å². The van der Waals surface area contributed by atoms with E-state index < -0.39 is 0 Å². The van der Waals surface area contributed by atoms with E-state index in [0.717, 1.165) is 33.8 Å². The fraction of sp³-hybridized carbons (Fsp3) is 0.0500. The highest BCUT2D eigenvalue weighted by molar-refractivity contribution is 6.17. The minimum Gasteiger partial charge on any atom is -0.325 e. The van der Waals surface area contributed by atoms with Crippen LogP contribution >= 0.6 is 0 Å². The molecule has 1 aliphatic carbocycles. The van der Waals surface area contributed by atoms with Crippen LogP contribution in [0.3, 0.4) is 0 Å². The van der Waals surface area contributed by atoms with Gasteiger partial charge in [0.05, 0.1) is 0 Å². The van der Waals surface area contributed by atoms with Gasteiger partial charge in [-0.3, -0.25) is 4.79 Å². The van der Waals surface area contributed by atoms with Crippen LogP contribution in [-0.4, -0.2) is 5.91 Å². The Morgan fingerprint density at radius 2 is 1.64 bits per heavy atom. The molecule has 0 spiro atoms. The van der Waals surface area contributed by atoms with Gasteiger partial charge >= 0.3 is 0 Å². The molecule has 2 heteroatoms. The number of amides is 1. The van der Waals surface area contributed by atoms with Crippen molar-refractivity contribution in [2.24, 2.45) is 0 Å². The van der Waals surface area contributed by atoms with Crippen molar-refractivity contribution >= 4 is 27.5 Å². The van der Waals surface area contributed by atoms with Gasteiger partial charge in [-0.25, -0.2) is 0 Å². The van der Waals surface area contributed by atoms with E-state index in [2.05, 4.69) is 23.5 Å². The van der Waals surface area contributed by atoms with Crippen LogP contribution in [0.25, 0.3) is 21.5 Å². The molecule has 0 heterocycles. The Balaban J connectivity index is 1.89. The summed E-state index contributed by atoms with van der Waals surface area (Å²) < 4.78 is 0. The number of allylic oxidation sites excluding steroid dienone is 3. The molecule has 3 aromatic carbocycles. The molecule has 4 rings (SSSR count). The number of rotatable bonds is 2. The van der Waals surface area contributed by atoms with Crippen LogP contribution in [0.5, 0.6) is 0 Å². The summed E-state index contributed by atoms with van der Waals surface area (Å²) in [5, 5.41) is 7.38. The number of carbonyl (C=O) groups is 1. The Morgan fingerprint density at radius 1 is 0.909 bits per heavy atom. The lowest BCUT2D eigenvalue weighted by Crippen LogP contribution is -2.22. The van der Waals surface area contributed by atoms with Gasteiger partial charge in [0.1, 0.15) is 0 Å². The van der Waals surface area contributed by atoms with Crippen molar-refractivity contribution in [3.8, 4) is 0 Å². The third kappa shape index (κ3) is 2.09. The van der Waals surface area contributed by atoms with Crippen LogP contribution in [0, 0.1) is 0 Å². The molecule has 0 radical (unpaired) electrons. The predicted octanol–water partition coefficient (Wildman–Crippen LogP) is 4.57. The summed E-state index contributed by atoms with van der Waals surface area (Å²) in [6.45, 7) is 0. The first-order valence-corrected chi connectivity index (χ1v) is 7.40. The van der Waals surface area contributed by atoms with Gasteiger partial charge in [-0.2, -0.15) is 0 Å². The molecule has 1 aliphatic rings. The number of carbonyl (C=O) groups excluding carboxylic acids is 1. The molecule has 106 valence electrons. The van der Waals surface area contributed by atoms with E-state index in [1.54, 1.807) is 0 Å². The zero-order valence-corrected chi connectivity index (χ0v) is 12.0. The highest BCUT2D eigenvalue weighted by atomic mass is 16.1. The number of hydrogen-bond acceptors (Lipinski definition) is 1. The summed E-state index contributed by atoms with van der Waals surface area (Å²) in [6.07, 6.45) is 6.74. The molecule has 0 fully saturated rings. The predicted molar refractivity (Wildman–Crippen MR) is 90.8 cm³/mol. The third-order valence-electron chi connectivity index (χ3n) is 4.06. The lowest BCUT2D eigenvalue weighted by atomic mass is 9.97. The highest BCUT2D eigenvalue weighted by Gasteiger charge is 2.14. The first kappa shape index (κ1) is 12.8. The van der Waals surface area contributed by atoms with Crippen LogP contribution in [0.15, 0.2) is 78.5 Å². The lowest BCUT2D eigenvalue weighted by Gasteiger charge is -2.11. The van der Waals surface area contributed by atoms with Gasteiger partial charge in [-0.05, 0) is 33.7 Å². The maximum absolute atomic E-state index is 12.7. The zero-order valence-electron chi connectivity index (χ0n) is 12.0. The van der Waals surface area contributed by atoms with Gasteiger partial charge in [0, 0.05) is 17.7 Å². The summed E-state index contributed by atoms with van der Waals surface area (Å²) in [7, 11) is 0. The summed E-state index contributed by atoms with van der Waals surface area (Å²) >= 11 is 0. The molecule has 0 bridgehead atoms. The summed E-state index contributed by atoms with van der Waals surface area (Å²) in [4.78, 5) is 12.7. The first-order chi connectivity index (χ1) is 10.8. The second kappa shape index (κ2) is 5.15. The Morgan fingerprint density at radius 3 is 2.41 bits per heavy atom. The topological polar surface area (TPSA) is 29.1 Å². The van der Waals surface area contributed by atoms with Gasteiger partial charge < -0.3 is 5.32 Å². The molecule has 0 saturated heterocycles. The first-order valence-electron chi connectivity index (χ1n) is 7.40. The smallest absolute Gasteiger partial charge is 0.256 e. The average Bonchev–Trinajstić information content (AvgIpc) is 3.07. The van der Waals surface area contributed by atoms with E-state index in [9.17, 15) is 4.79 Å². The fourth-order valence-corrected chi connectivity index (χ4v) is 3.00. The van der Waals surface area contributed by atoms with Crippen LogP contribution in [-0.2, 0) is 0 Å². The van der Waals surface area contributed by atoms with Gasteiger partial charge in [0.2, 0.25) is 0 Å². The minimum absolute atomic E-state index is 0.0445. The lowest BCUT2D eigenvalue weighted by molar-refractivity contribution is 0.0967. The van der Waals surface area contributed by atoms with Crippen molar-refractivity contribution in [1.82, 2.24) is 5.32 Å². The highest BCUT2D eigenvalue weighted by Crippen LogP contribution is 2.28. The van der Waals surface area contributed by atoms with E-state index in [1.807, 2.05) is 54.6 Å². The van der Waals surface area contributed by atoms with Gasteiger partial charge in [0.25, 0.3) is 5.91 Å². The van der Waals surface area contributed by atoms with Crippen LogP contribution in [0.1, 0.15) is 16.8 Å². The number of hydrogen-bond donors (Lipinski definition) is 1. The second-order valence-corrected chi connectivity index (χ2v) is 5.47. The molecule has 0 aromatic heterocycles. The number of nitrogens with one attached hydrogen (secondary N) is 1. The number of fused-ring (bicyclic) bond motifs is 3. The van der Waals surface area contributed by atoms with Crippen molar-refractivity contribution in [3.63, 3.8) is 0 Å². The number of benzene rings is 3. The van der Waals surface area contributed by atoms with E-state index in [-0.39, 0.29) is 5.91 Å². The normalized spacial score (nSPS) is 13.5. The van der Waals surface area contributed by atoms with Gasteiger partial charge in [-0.15, -0.1) is 0 Å². The molecule has 22 heavy (non-hydrogen) atoms. The molecular formula is C20H15NO. The summed E-state index contributed by atoms with van der Waals surface area (Å²) in [6, 6.07) is 18.2. The average molecular weight is 285 g/mol. The monoisotopic (exact) mass is 285 g/mol. The second-order valence-electron chi connectivity index (χ2n) is 5.47.